The standard InChI is InChI=1S/C16H30N4O2/c1-17-7-5-6-15(21)20-12-10-18(11-13-20)14-16(22)19-8-3-2-4-9-19/h17H,2-14H2,1H3. The minimum Gasteiger partial charge on any atom is -0.342 e. The number of hydrogen-bond acceptors (Lipinski definition) is 4. The lowest BCUT2D eigenvalue weighted by Gasteiger charge is -2.36. The number of nitrogens with one attached hydrogen (secondary N) is 1. The molecule has 6 heteroatoms. The molecule has 22 heavy (non-hydrogen) atoms. The molecule has 0 aromatic rings. The lowest BCUT2D eigenvalue weighted by Crippen LogP contribution is -2.52. The van der Waals surface area contributed by atoms with Gasteiger partial charge in [-0.05, 0) is 39.3 Å². The fourth-order valence-electron chi connectivity index (χ4n) is 3.16. The van der Waals surface area contributed by atoms with Crippen LogP contribution in [0.1, 0.15) is 32.1 Å². The highest BCUT2D eigenvalue weighted by atomic mass is 16.2. The summed E-state index contributed by atoms with van der Waals surface area (Å²) in [5, 5.41) is 3.06. The molecule has 6 nitrogen and oxygen atoms in total. The third-order valence-corrected chi connectivity index (χ3v) is 4.61. The summed E-state index contributed by atoms with van der Waals surface area (Å²) in [6, 6.07) is 0. The van der Waals surface area contributed by atoms with Crippen molar-refractivity contribution in [2.45, 2.75) is 32.1 Å². The van der Waals surface area contributed by atoms with Crippen molar-refractivity contribution in [3.8, 4) is 0 Å². The van der Waals surface area contributed by atoms with E-state index in [0.717, 1.165) is 65.1 Å². The minimum atomic E-state index is 0.247. The Kier molecular flexibility index (Phi) is 7.12. The van der Waals surface area contributed by atoms with Gasteiger partial charge in [-0.25, -0.2) is 0 Å². The quantitative estimate of drug-likeness (QED) is 0.709. The first-order valence-corrected chi connectivity index (χ1v) is 8.63. The Balaban J connectivity index is 1.66. The predicted molar refractivity (Wildman–Crippen MR) is 86.6 cm³/mol. The van der Waals surface area contributed by atoms with E-state index < -0.39 is 0 Å². The highest BCUT2D eigenvalue weighted by Gasteiger charge is 2.24. The van der Waals surface area contributed by atoms with Crippen LogP contribution in [0, 0.1) is 0 Å². The van der Waals surface area contributed by atoms with Crippen molar-refractivity contribution in [1.29, 1.82) is 0 Å². The van der Waals surface area contributed by atoms with Gasteiger partial charge in [0.15, 0.2) is 0 Å². The summed E-state index contributed by atoms with van der Waals surface area (Å²) in [5.74, 6) is 0.505. The van der Waals surface area contributed by atoms with E-state index in [1.54, 1.807) is 0 Å². The molecule has 0 radical (unpaired) electrons. The summed E-state index contributed by atoms with van der Waals surface area (Å²) < 4.78 is 0. The van der Waals surface area contributed by atoms with Crippen molar-refractivity contribution in [2.24, 2.45) is 0 Å². The third kappa shape index (κ3) is 5.25. The van der Waals surface area contributed by atoms with Gasteiger partial charge in [0.1, 0.15) is 0 Å². The predicted octanol–water partition coefficient (Wildman–Crippen LogP) is 0.143. The average Bonchev–Trinajstić information content (AvgIpc) is 2.56. The number of rotatable bonds is 6. The number of likely N-dealkylation sites (tertiary alicyclic amines) is 1. The molecule has 0 aromatic heterocycles. The van der Waals surface area contributed by atoms with Gasteiger partial charge >= 0.3 is 0 Å². The summed E-state index contributed by atoms with van der Waals surface area (Å²) in [5.41, 5.74) is 0. The highest BCUT2D eigenvalue weighted by Crippen LogP contribution is 2.10. The number of carbonyl (C=O) groups is 2. The molecular weight excluding hydrogens is 280 g/mol. The Bertz CT molecular complexity index is 361. The largest absolute Gasteiger partial charge is 0.342 e. The van der Waals surface area contributed by atoms with E-state index in [2.05, 4.69) is 10.2 Å². The molecule has 2 saturated heterocycles. The maximum Gasteiger partial charge on any atom is 0.236 e. The van der Waals surface area contributed by atoms with Crippen molar-refractivity contribution >= 4 is 11.8 Å². The molecule has 0 saturated carbocycles. The van der Waals surface area contributed by atoms with Crippen molar-refractivity contribution in [3.05, 3.63) is 0 Å². The average molecular weight is 310 g/mol. The Morgan fingerprint density at radius 3 is 2.14 bits per heavy atom. The van der Waals surface area contributed by atoms with Crippen LogP contribution < -0.4 is 5.32 Å². The second kappa shape index (κ2) is 9.10. The zero-order valence-electron chi connectivity index (χ0n) is 13.9. The Morgan fingerprint density at radius 1 is 0.864 bits per heavy atom. The lowest BCUT2D eigenvalue weighted by atomic mass is 10.1. The molecule has 2 rings (SSSR count). The summed E-state index contributed by atoms with van der Waals surface area (Å²) >= 11 is 0. The van der Waals surface area contributed by atoms with Gasteiger partial charge in [0.25, 0.3) is 0 Å². The molecule has 2 fully saturated rings. The van der Waals surface area contributed by atoms with E-state index in [1.807, 2.05) is 16.8 Å². The molecule has 2 aliphatic heterocycles. The molecule has 0 aromatic carbocycles. The molecule has 1 N–H and O–H groups in total. The first kappa shape index (κ1) is 17.2. The van der Waals surface area contributed by atoms with E-state index >= 15 is 0 Å². The van der Waals surface area contributed by atoms with E-state index in [1.165, 1.54) is 6.42 Å². The van der Waals surface area contributed by atoms with Gasteiger partial charge in [-0.2, -0.15) is 0 Å². The summed E-state index contributed by atoms with van der Waals surface area (Å²) in [7, 11) is 1.91. The number of hydrogen-bond donors (Lipinski definition) is 1. The maximum absolute atomic E-state index is 12.3. The topological polar surface area (TPSA) is 55.9 Å². The molecule has 0 spiro atoms. The van der Waals surface area contributed by atoms with Crippen LogP contribution in [0.2, 0.25) is 0 Å². The number of amides is 2. The molecule has 2 heterocycles. The maximum atomic E-state index is 12.3. The highest BCUT2D eigenvalue weighted by molar-refractivity contribution is 5.78. The Morgan fingerprint density at radius 2 is 1.50 bits per heavy atom. The normalized spacial score (nSPS) is 20.2. The second-order valence-electron chi connectivity index (χ2n) is 6.31. The van der Waals surface area contributed by atoms with Crippen molar-refractivity contribution < 1.29 is 9.59 Å². The van der Waals surface area contributed by atoms with Crippen LogP contribution in [0.25, 0.3) is 0 Å². The van der Waals surface area contributed by atoms with Crippen LogP contribution in [0.4, 0.5) is 0 Å². The van der Waals surface area contributed by atoms with Crippen molar-refractivity contribution in [3.63, 3.8) is 0 Å². The Hall–Kier alpha value is -1.14. The molecule has 0 atom stereocenters. The van der Waals surface area contributed by atoms with Crippen LogP contribution in [-0.4, -0.2) is 85.9 Å². The molecule has 2 amide bonds. The summed E-state index contributed by atoms with van der Waals surface area (Å²) in [6.07, 6.45) is 5.04. The zero-order valence-corrected chi connectivity index (χ0v) is 13.9. The third-order valence-electron chi connectivity index (χ3n) is 4.61. The first-order chi connectivity index (χ1) is 10.7. The van der Waals surface area contributed by atoms with E-state index in [9.17, 15) is 9.59 Å². The van der Waals surface area contributed by atoms with Gasteiger partial charge in [-0.15, -0.1) is 0 Å². The number of carbonyl (C=O) groups excluding carboxylic acids is 2. The molecule has 0 bridgehead atoms. The monoisotopic (exact) mass is 310 g/mol. The second-order valence-corrected chi connectivity index (χ2v) is 6.31. The van der Waals surface area contributed by atoms with Crippen LogP contribution in [0.3, 0.4) is 0 Å². The van der Waals surface area contributed by atoms with Gasteiger partial charge in [-0.1, -0.05) is 0 Å². The zero-order chi connectivity index (χ0) is 15.8. The smallest absolute Gasteiger partial charge is 0.236 e. The Labute approximate surface area is 133 Å². The summed E-state index contributed by atoms with van der Waals surface area (Å²) in [6.45, 7) is 6.38. The molecule has 126 valence electrons. The lowest BCUT2D eigenvalue weighted by molar-refractivity contribution is -0.135. The van der Waals surface area contributed by atoms with Gasteiger partial charge in [-0.3, -0.25) is 14.5 Å². The van der Waals surface area contributed by atoms with Gasteiger partial charge in [0.05, 0.1) is 6.54 Å². The van der Waals surface area contributed by atoms with Gasteiger partial charge < -0.3 is 15.1 Å². The van der Waals surface area contributed by atoms with E-state index in [4.69, 9.17) is 0 Å². The molecule has 0 aliphatic carbocycles. The van der Waals surface area contributed by atoms with Crippen LogP contribution in [0.5, 0.6) is 0 Å². The number of piperidine rings is 1. The summed E-state index contributed by atoms with van der Waals surface area (Å²) in [4.78, 5) is 30.4. The van der Waals surface area contributed by atoms with Crippen LogP contribution in [-0.2, 0) is 9.59 Å². The van der Waals surface area contributed by atoms with Gasteiger partial charge in [0, 0.05) is 45.7 Å². The van der Waals surface area contributed by atoms with Crippen molar-refractivity contribution in [2.75, 3.05) is 59.4 Å². The van der Waals surface area contributed by atoms with Crippen LogP contribution >= 0.6 is 0 Å². The number of piperazine rings is 1. The van der Waals surface area contributed by atoms with Gasteiger partial charge in [0.2, 0.25) is 11.8 Å². The fraction of sp³-hybridized carbons (Fsp3) is 0.875. The van der Waals surface area contributed by atoms with Crippen LogP contribution in [0.15, 0.2) is 0 Å². The SMILES string of the molecule is CNCCCC(=O)N1CCN(CC(=O)N2CCCCC2)CC1. The van der Waals surface area contributed by atoms with Crippen molar-refractivity contribution in [1.82, 2.24) is 20.0 Å². The molecular formula is C16H30N4O2. The molecule has 2 aliphatic rings. The minimum absolute atomic E-state index is 0.247. The van der Waals surface area contributed by atoms with E-state index in [-0.39, 0.29) is 11.8 Å². The van der Waals surface area contributed by atoms with E-state index in [0.29, 0.717) is 13.0 Å². The first-order valence-electron chi connectivity index (χ1n) is 8.63. The molecule has 0 unspecified atom stereocenters. The fourth-order valence-corrected chi connectivity index (χ4v) is 3.16. The number of nitrogens with zero attached hydrogens (tertiary/aromatic N) is 3.